The van der Waals surface area contributed by atoms with E-state index < -0.39 is 0 Å². The Hall–Kier alpha value is -3.52. The van der Waals surface area contributed by atoms with Gasteiger partial charge in [-0.15, -0.1) is 0 Å². The van der Waals surface area contributed by atoms with Crippen LogP contribution < -0.4 is 0 Å². The highest BCUT2D eigenvalue weighted by Gasteiger charge is 2.29. The van der Waals surface area contributed by atoms with Crippen molar-refractivity contribution in [2.24, 2.45) is 0 Å². The topological polar surface area (TPSA) is 40.5 Å². The van der Waals surface area contributed by atoms with Gasteiger partial charge in [-0.05, 0) is 70.5 Å². The molecule has 0 spiro atoms. The summed E-state index contributed by atoms with van der Waals surface area (Å²) in [6, 6.07) is 29.2. The van der Waals surface area contributed by atoms with E-state index in [0.717, 1.165) is 22.3 Å². The Labute approximate surface area is 203 Å². The summed E-state index contributed by atoms with van der Waals surface area (Å²) >= 11 is 0. The van der Waals surface area contributed by atoms with E-state index in [0.29, 0.717) is 11.5 Å². The first-order chi connectivity index (χ1) is 16.0. The maximum absolute atomic E-state index is 10.1. The number of hydrogen-bond donors (Lipinski definition) is 2. The van der Waals surface area contributed by atoms with Crippen LogP contribution in [0.2, 0.25) is 0 Å². The third kappa shape index (κ3) is 4.33. The lowest BCUT2D eigenvalue weighted by atomic mass is 9.72. The number of benzene rings is 4. The van der Waals surface area contributed by atoms with Gasteiger partial charge in [0.1, 0.15) is 11.5 Å². The minimum absolute atomic E-state index is 0.265. The van der Waals surface area contributed by atoms with E-state index in [-0.39, 0.29) is 10.8 Å². The molecule has 2 N–H and O–H groups in total. The smallest absolute Gasteiger partial charge is 0.118 e. The zero-order chi connectivity index (χ0) is 24.7. The van der Waals surface area contributed by atoms with Gasteiger partial charge in [0.25, 0.3) is 0 Å². The standard InChI is InChI=1S/C32H34O2/c1-21-16-25(12-14-29(21)33)31(3,4)27-18-24(23-10-8-7-9-11-23)19-28(20-27)32(5,6)26-13-15-30(34)22(2)17-26/h7-20,33-34H,1-6H3. The van der Waals surface area contributed by atoms with Crippen LogP contribution in [0.3, 0.4) is 0 Å². The van der Waals surface area contributed by atoms with E-state index >= 15 is 0 Å². The van der Waals surface area contributed by atoms with Crippen molar-refractivity contribution in [1.29, 1.82) is 0 Å². The van der Waals surface area contributed by atoms with Gasteiger partial charge < -0.3 is 10.2 Å². The van der Waals surface area contributed by atoms with E-state index in [2.05, 4.69) is 82.3 Å². The van der Waals surface area contributed by atoms with E-state index in [1.807, 2.05) is 32.0 Å². The zero-order valence-electron chi connectivity index (χ0n) is 21.0. The minimum atomic E-state index is -0.265. The second kappa shape index (κ2) is 8.68. The van der Waals surface area contributed by atoms with Gasteiger partial charge in [0.2, 0.25) is 0 Å². The summed E-state index contributed by atoms with van der Waals surface area (Å²) in [5, 5.41) is 20.1. The van der Waals surface area contributed by atoms with Crippen LogP contribution in [0.5, 0.6) is 11.5 Å². The van der Waals surface area contributed by atoms with Crippen molar-refractivity contribution in [2.75, 3.05) is 0 Å². The van der Waals surface area contributed by atoms with E-state index in [1.165, 1.54) is 22.3 Å². The second-order valence-corrected chi connectivity index (χ2v) is 10.4. The third-order valence-corrected chi connectivity index (χ3v) is 7.32. The molecule has 4 aromatic carbocycles. The third-order valence-electron chi connectivity index (χ3n) is 7.32. The number of aryl methyl sites for hydroxylation is 2. The molecular formula is C32H34O2. The van der Waals surface area contributed by atoms with Gasteiger partial charge in [0, 0.05) is 10.8 Å². The Morgan fingerprint density at radius 3 is 1.32 bits per heavy atom. The van der Waals surface area contributed by atoms with Crippen LogP contribution in [0.4, 0.5) is 0 Å². The van der Waals surface area contributed by atoms with Crippen LogP contribution in [0.25, 0.3) is 11.1 Å². The van der Waals surface area contributed by atoms with Gasteiger partial charge in [-0.3, -0.25) is 0 Å². The normalized spacial score (nSPS) is 12.1. The van der Waals surface area contributed by atoms with Crippen molar-refractivity contribution in [1.82, 2.24) is 0 Å². The van der Waals surface area contributed by atoms with Gasteiger partial charge in [-0.2, -0.15) is 0 Å². The number of phenolic OH excluding ortho intramolecular Hbond substituents is 2. The average molecular weight is 451 g/mol. The van der Waals surface area contributed by atoms with Crippen LogP contribution >= 0.6 is 0 Å². The molecule has 0 saturated carbocycles. The van der Waals surface area contributed by atoms with Gasteiger partial charge in [-0.1, -0.05) is 100 Å². The first-order valence-corrected chi connectivity index (χ1v) is 11.8. The molecule has 0 heterocycles. The summed E-state index contributed by atoms with van der Waals surface area (Å²) < 4.78 is 0. The van der Waals surface area contributed by atoms with Crippen molar-refractivity contribution in [2.45, 2.75) is 52.4 Å². The quantitative estimate of drug-likeness (QED) is 0.323. The Kier molecular flexibility index (Phi) is 6.03. The van der Waals surface area contributed by atoms with Crippen LogP contribution in [0.15, 0.2) is 84.9 Å². The molecule has 0 atom stereocenters. The minimum Gasteiger partial charge on any atom is -0.508 e. The van der Waals surface area contributed by atoms with Crippen molar-refractivity contribution < 1.29 is 10.2 Å². The van der Waals surface area contributed by atoms with Crippen LogP contribution in [-0.2, 0) is 10.8 Å². The van der Waals surface area contributed by atoms with Gasteiger partial charge in [-0.25, -0.2) is 0 Å². The van der Waals surface area contributed by atoms with Crippen molar-refractivity contribution in [3.63, 3.8) is 0 Å². The average Bonchev–Trinajstić information content (AvgIpc) is 2.82. The van der Waals surface area contributed by atoms with Gasteiger partial charge >= 0.3 is 0 Å². The van der Waals surface area contributed by atoms with Crippen molar-refractivity contribution >= 4 is 0 Å². The number of phenols is 2. The Morgan fingerprint density at radius 2 is 0.912 bits per heavy atom. The van der Waals surface area contributed by atoms with Crippen LogP contribution in [0, 0.1) is 13.8 Å². The monoisotopic (exact) mass is 450 g/mol. The molecule has 4 rings (SSSR count). The molecule has 0 bridgehead atoms. The SMILES string of the molecule is Cc1cc(C(C)(C)c2cc(-c3ccccc3)cc(C(C)(C)c3ccc(O)c(C)c3)c2)ccc1O. The lowest BCUT2D eigenvalue weighted by Crippen LogP contribution is -2.23. The fourth-order valence-electron chi connectivity index (χ4n) is 4.57. The predicted molar refractivity (Wildman–Crippen MR) is 142 cm³/mol. The summed E-state index contributed by atoms with van der Waals surface area (Å²) in [4.78, 5) is 0. The molecule has 174 valence electrons. The van der Waals surface area contributed by atoms with Crippen molar-refractivity contribution in [3.8, 4) is 22.6 Å². The lowest BCUT2D eigenvalue weighted by Gasteiger charge is -2.32. The first-order valence-electron chi connectivity index (χ1n) is 11.8. The van der Waals surface area contributed by atoms with E-state index in [1.54, 1.807) is 12.1 Å². The number of aromatic hydroxyl groups is 2. The highest BCUT2D eigenvalue weighted by Crippen LogP contribution is 2.41. The molecule has 0 unspecified atom stereocenters. The molecule has 0 fully saturated rings. The van der Waals surface area contributed by atoms with E-state index in [9.17, 15) is 10.2 Å². The zero-order valence-corrected chi connectivity index (χ0v) is 21.0. The summed E-state index contributed by atoms with van der Waals surface area (Å²) in [7, 11) is 0. The second-order valence-electron chi connectivity index (χ2n) is 10.4. The molecule has 0 aliphatic heterocycles. The molecule has 4 aromatic rings. The number of rotatable bonds is 5. The molecule has 0 aromatic heterocycles. The van der Waals surface area contributed by atoms with Crippen LogP contribution in [-0.4, -0.2) is 10.2 Å². The Balaban J connectivity index is 1.93. The molecule has 2 heteroatoms. The van der Waals surface area contributed by atoms with Crippen molar-refractivity contribution in [3.05, 3.63) is 118 Å². The highest BCUT2D eigenvalue weighted by molar-refractivity contribution is 5.67. The molecule has 0 radical (unpaired) electrons. The van der Waals surface area contributed by atoms with E-state index in [4.69, 9.17) is 0 Å². The molecule has 0 aliphatic carbocycles. The fourth-order valence-corrected chi connectivity index (χ4v) is 4.57. The maximum atomic E-state index is 10.1. The highest BCUT2D eigenvalue weighted by atomic mass is 16.3. The fraction of sp³-hybridized carbons (Fsp3) is 0.250. The molecule has 0 aliphatic rings. The molecule has 0 saturated heterocycles. The number of hydrogen-bond acceptors (Lipinski definition) is 2. The molecule has 2 nitrogen and oxygen atoms in total. The summed E-state index contributed by atoms with van der Waals surface area (Å²) in [6.07, 6.45) is 0. The summed E-state index contributed by atoms with van der Waals surface area (Å²) in [6.45, 7) is 12.8. The predicted octanol–water partition coefficient (Wildman–Crippen LogP) is 8.03. The van der Waals surface area contributed by atoms with Crippen LogP contribution in [0.1, 0.15) is 61.1 Å². The summed E-state index contributed by atoms with van der Waals surface area (Å²) in [5.41, 5.74) is 8.36. The molecular weight excluding hydrogens is 416 g/mol. The Bertz CT molecular complexity index is 1250. The van der Waals surface area contributed by atoms with Gasteiger partial charge in [0.15, 0.2) is 0 Å². The molecule has 0 amide bonds. The summed E-state index contributed by atoms with van der Waals surface area (Å²) in [5.74, 6) is 0.643. The molecule has 34 heavy (non-hydrogen) atoms. The largest absolute Gasteiger partial charge is 0.508 e. The lowest BCUT2D eigenvalue weighted by molar-refractivity contribution is 0.469. The maximum Gasteiger partial charge on any atom is 0.118 e. The first kappa shape index (κ1) is 23.6. The van der Waals surface area contributed by atoms with Gasteiger partial charge in [0.05, 0.1) is 0 Å². The Morgan fingerprint density at radius 1 is 0.471 bits per heavy atom.